The molecule has 1 aromatic heterocycles. The topological polar surface area (TPSA) is 55.2 Å². The highest BCUT2D eigenvalue weighted by atomic mass is 19.4. The molecule has 2 heterocycles. The van der Waals surface area contributed by atoms with Crippen molar-refractivity contribution in [3.63, 3.8) is 0 Å². The predicted molar refractivity (Wildman–Crippen MR) is 101 cm³/mol. The van der Waals surface area contributed by atoms with E-state index in [0.29, 0.717) is 6.07 Å². The maximum atomic E-state index is 14.0. The fourth-order valence-electron chi connectivity index (χ4n) is 3.53. The quantitative estimate of drug-likeness (QED) is 0.571. The normalized spacial score (nSPS) is 13.4. The van der Waals surface area contributed by atoms with E-state index in [0.717, 1.165) is 33.8 Å². The molecular formula is C21H14F5N3O2. The zero-order chi connectivity index (χ0) is 22.5. The molecule has 0 N–H and O–H groups in total. The van der Waals surface area contributed by atoms with E-state index in [1.807, 2.05) is 0 Å². The van der Waals surface area contributed by atoms with Crippen molar-refractivity contribution in [3.05, 3.63) is 86.8 Å². The van der Waals surface area contributed by atoms with Crippen molar-refractivity contribution in [2.75, 3.05) is 11.4 Å². The van der Waals surface area contributed by atoms with Crippen molar-refractivity contribution in [2.24, 2.45) is 0 Å². The van der Waals surface area contributed by atoms with Crippen LogP contribution in [0.1, 0.15) is 27.3 Å². The number of carbonyl (C=O) groups is 1. The lowest BCUT2D eigenvalue weighted by molar-refractivity contribution is -0.137. The summed E-state index contributed by atoms with van der Waals surface area (Å²) in [6, 6.07) is 7.03. The Kier molecular flexibility index (Phi) is 4.87. The summed E-state index contributed by atoms with van der Waals surface area (Å²) in [6.07, 6.45) is -4.46. The SMILES string of the molecule is Cc1cc(=O)c(C(=O)N2CCc3c(F)cc(F)cc32)nn1-c1cccc(C(F)(F)F)c1. The van der Waals surface area contributed by atoms with Crippen LogP contribution in [0.4, 0.5) is 27.6 Å². The minimum absolute atomic E-state index is 0.000265. The van der Waals surface area contributed by atoms with Crippen LogP contribution in [0.3, 0.4) is 0 Å². The summed E-state index contributed by atoms with van der Waals surface area (Å²) in [5.74, 6) is -2.58. The average molecular weight is 435 g/mol. The van der Waals surface area contributed by atoms with Crippen LogP contribution in [0.5, 0.6) is 0 Å². The Morgan fingerprint density at radius 2 is 1.84 bits per heavy atom. The number of fused-ring (bicyclic) bond motifs is 1. The van der Waals surface area contributed by atoms with Gasteiger partial charge in [-0.1, -0.05) is 6.07 Å². The number of aryl methyl sites for hydroxylation is 1. The minimum Gasteiger partial charge on any atom is -0.306 e. The Bertz CT molecular complexity index is 1270. The Labute approximate surface area is 172 Å². The molecule has 10 heteroatoms. The molecule has 0 aliphatic carbocycles. The fraction of sp³-hybridized carbons (Fsp3) is 0.190. The van der Waals surface area contributed by atoms with Gasteiger partial charge in [0.25, 0.3) is 5.91 Å². The number of amides is 1. The summed E-state index contributed by atoms with van der Waals surface area (Å²) in [5.41, 5.74) is -1.90. The molecule has 5 nitrogen and oxygen atoms in total. The van der Waals surface area contributed by atoms with Gasteiger partial charge in [0.2, 0.25) is 5.43 Å². The zero-order valence-electron chi connectivity index (χ0n) is 16.0. The van der Waals surface area contributed by atoms with Gasteiger partial charge >= 0.3 is 6.18 Å². The Balaban J connectivity index is 1.79. The fourth-order valence-corrected chi connectivity index (χ4v) is 3.53. The average Bonchev–Trinajstić information content (AvgIpc) is 3.11. The van der Waals surface area contributed by atoms with Crippen molar-refractivity contribution >= 4 is 11.6 Å². The molecule has 3 aromatic rings. The number of alkyl halides is 3. The third-order valence-corrected chi connectivity index (χ3v) is 4.99. The molecule has 4 rings (SSSR count). The van der Waals surface area contributed by atoms with Crippen LogP contribution in [0.25, 0.3) is 5.69 Å². The van der Waals surface area contributed by atoms with Crippen molar-refractivity contribution in [3.8, 4) is 5.69 Å². The van der Waals surface area contributed by atoms with Crippen LogP contribution in [0.15, 0.2) is 47.3 Å². The summed E-state index contributed by atoms with van der Waals surface area (Å²) in [7, 11) is 0. The molecule has 0 bridgehead atoms. The van der Waals surface area contributed by atoms with Crippen LogP contribution < -0.4 is 10.3 Å². The van der Waals surface area contributed by atoms with E-state index in [1.165, 1.54) is 19.1 Å². The molecule has 1 amide bonds. The summed E-state index contributed by atoms with van der Waals surface area (Å²) < 4.78 is 67.9. The van der Waals surface area contributed by atoms with Crippen LogP contribution in [-0.4, -0.2) is 22.2 Å². The van der Waals surface area contributed by atoms with Gasteiger partial charge in [-0.15, -0.1) is 0 Å². The maximum Gasteiger partial charge on any atom is 0.416 e. The Hall–Kier alpha value is -3.56. The van der Waals surface area contributed by atoms with Crippen LogP contribution in [0, 0.1) is 18.6 Å². The molecule has 0 unspecified atom stereocenters. The molecule has 160 valence electrons. The first kappa shape index (κ1) is 20.7. The van der Waals surface area contributed by atoms with E-state index in [1.54, 1.807) is 0 Å². The number of nitrogens with zero attached hydrogens (tertiary/aromatic N) is 3. The van der Waals surface area contributed by atoms with E-state index in [2.05, 4.69) is 5.10 Å². The third-order valence-electron chi connectivity index (χ3n) is 4.99. The lowest BCUT2D eigenvalue weighted by atomic mass is 10.1. The molecule has 2 aromatic carbocycles. The van der Waals surface area contributed by atoms with Gasteiger partial charge in [0, 0.05) is 29.9 Å². The van der Waals surface area contributed by atoms with Gasteiger partial charge in [0.1, 0.15) is 11.6 Å². The van der Waals surface area contributed by atoms with E-state index in [4.69, 9.17) is 0 Å². The van der Waals surface area contributed by atoms with E-state index >= 15 is 0 Å². The molecule has 0 saturated heterocycles. The highest BCUT2D eigenvalue weighted by Crippen LogP contribution is 2.32. The molecular weight excluding hydrogens is 421 g/mol. The van der Waals surface area contributed by atoms with E-state index in [-0.39, 0.29) is 35.6 Å². The molecule has 0 radical (unpaired) electrons. The number of hydrogen-bond acceptors (Lipinski definition) is 3. The Morgan fingerprint density at radius 3 is 2.55 bits per heavy atom. The van der Waals surface area contributed by atoms with Crippen LogP contribution in [-0.2, 0) is 12.6 Å². The molecule has 0 spiro atoms. The molecule has 1 aliphatic heterocycles. The van der Waals surface area contributed by atoms with Gasteiger partial charge < -0.3 is 4.90 Å². The first-order chi connectivity index (χ1) is 14.6. The number of carbonyl (C=O) groups excluding carboxylic acids is 1. The van der Waals surface area contributed by atoms with Gasteiger partial charge in [-0.2, -0.15) is 18.3 Å². The number of hydrogen-bond donors (Lipinski definition) is 0. The zero-order valence-corrected chi connectivity index (χ0v) is 16.0. The minimum atomic E-state index is -4.59. The second kappa shape index (κ2) is 7.29. The number of halogens is 5. The number of benzene rings is 2. The maximum absolute atomic E-state index is 14.0. The molecule has 0 saturated carbocycles. The highest BCUT2D eigenvalue weighted by Gasteiger charge is 2.32. The summed E-state index contributed by atoms with van der Waals surface area (Å²) in [6.45, 7) is 1.46. The number of rotatable bonds is 2. The molecule has 0 fully saturated rings. The van der Waals surface area contributed by atoms with Crippen molar-refractivity contribution in [1.29, 1.82) is 0 Å². The van der Waals surface area contributed by atoms with Crippen molar-refractivity contribution in [1.82, 2.24) is 9.78 Å². The van der Waals surface area contributed by atoms with E-state index < -0.39 is 40.4 Å². The Morgan fingerprint density at radius 1 is 1.10 bits per heavy atom. The summed E-state index contributed by atoms with van der Waals surface area (Å²) in [5, 5.41) is 3.99. The summed E-state index contributed by atoms with van der Waals surface area (Å²) in [4.78, 5) is 26.5. The van der Waals surface area contributed by atoms with Crippen molar-refractivity contribution < 1.29 is 26.7 Å². The van der Waals surface area contributed by atoms with Gasteiger partial charge in [-0.3, -0.25) is 9.59 Å². The predicted octanol–water partition coefficient (Wildman–Crippen LogP) is 4.04. The molecule has 1 aliphatic rings. The molecule has 31 heavy (non-hydrogen) atoms. The second-order valence-electron chi connectivity index (χ2n) is 7.05. The standard InChI is InChI=1S/C21H14F5N3O2/c1-11-7-18(30)19(27-29(11)14-4-2-3-12(8-14)21(24,25)26)20(31)28-6-5-15-16(23)9-13(22)10-17(15)28/h2-4,7-10H,5-6H2,1H3. The van der Waals surface area contributed by atoms with Gasteiger partial charge in [-0.25, -0.2) is 13.5 Å². The van der Waals surface area contributed by atoms with E-state index in [9.17, 15) is 31.5 Å². The highest BCUT2D eigenvalue weighted by molar-refractivity contribution is 6.06. The van der Waals surface area contributed by atoms with Gasteiger partial charge in [0.15, 0.2) is 5.69 Å². The monoisotopic (exact) mass is 435 g/mol. The molecule has 0 atom stereocenters. The van der Waals surface area contributed by atoms with Crippen LogP contribution in [0.2, 0.25) is 0 Å². The first-order valence-corrected chi connectivity index (χ1v) is 9.14. The summed E-state index contributed by atoms with van der Waals surface area (Å²) >= 11 is 0. The van der Waals surface area contributed by atoms with Crippen LogP contribution >= 0.6 is 0 Å². The smallest absolute Gasteiger partial charge is 0.306 e. The van der Waals surface area contributed by atoms with Gasteiger partial charge in [-0.05, 0) is 37.6 Å². The number of anilines is 1. The van der Waals surface area contributed by atoms with Crippen molar-refractivity contribution in [2.45, 2.75) is 19.5 Å². The second-order valence-corrected chi connectivity index (χ2v) is 7.05. The van der Waals surface area contributed by atoms with Gasteiger partial charge in [0.05, 0.1) is 16.9 Å². The number of aromatic nitrogens is 2. The lowest BCUT2D eigenvalue weighted by Gasteiger charge is -2.18. The first-order valence-electron chi connectivity index (χ1n) is 9.14. The largest absolute Gasteiger partial charge is 0.416 e. The lowest BCUT2D eigenvalue weighted by Crippen LogP contribution is -2.35. The third kappa shape index (κ3) is 3.69.